The molecule has 17 heavy (non-hydrogen) atoms. The Bertz CT molecular complexity index is 513. The van der Waals surface area contributed by atoms with Crippen LogP contribution < -0.4 is 4.74 Å². The van der Waals surface area contributed by atoms with Gasteiger partial charge < -0.3 is 4.74 Å². The first-order valence-electron chi connectivity index (χ1n) is 4.97. The van der Waals surface area contributed by atoms with Crippen molar-refractivity contribution in [2.75, 3.05) is 0 Å². The van der Waals surface area contributed by atoms with Gasteiger partial charge in [-0.15, -0.1) is 0 Å². The number of ether oxygens (including phenoxy) is 1. The van der Waals surface area contributed by atoms with Gasteiger partial charge in [0.1, 0.15) is 12.4 Å². The van der Waals surface area contributed by atoms with Crippen molar-refractivity contribution in [2.45, 2.75) is 6.61 Å². The van der Waals surface area contributed by atoms with Gasteiger partial charge in [-0.3, -0.25) is 0 Å². The Labute approximate surface area is 127 Å². The summed E-state index contributed by atoms with van der Waals surface area (Å²) in [6, 6.07) is 13.8. The first-order chi connectivity index (χ1) is 8.15. The molecule has 2 aromatic carbocycles. The van der Waals surface area contributed by atoms with Crippen LogP contribution in [0.25, 0.3) is 0 Å². The molecule has 0 aliphatic rings. The van der Waals surface area contributed by atoms with Crippen molar-refractivity contribution in [3.05, 3.63) is 61.1 Å². The van der Waals surface area contributed by atoms with Gasteiger partial charge in [0.05, 0.1) is 5.02 Å². The van der Waals surface area contributed by atoms with Crippen LogP contribution in [0.15, 0.2) is 46.9 Å². The lowest BCUT2D eigenvalue weighted by atomic mass is 10.2. The molecule has 2 rings (SSSR count). The highest BCUT2D eigenvalue weighted by atomic mass is 127. The summed E-state index contributed by atoms with van der Waals surface area (Å²) in [7, 11) is 0. The van der Waals surface area contributed by atoms with Crippen LogP contribution in [-0.4, -0.2) is 0 Å². The molecular weight excluding hydrogens is 414 g/mol. The van der Waals surface area contributed by atoms with Gasteiger partial charge in [-0.2, -0.15) is 0 Å². The smallest absolute Gasteiger partial charge is 0.138 e. The predicted octanol–water partition coefficient (Wildman–Crippen LogP) is 5.29. The summed E-state index contributed by atoms with van der Waals surface area (Å²) in [5.74, 6) is 0.702. The summed E-state index contributed by atoms with van der Waals surface area (Å²) in [6.45, 7) is 0.526. The fourth-order valence-corrected chi connectivity index (χ4v) is 2.42. The lowest BCUT2D eigenvalue weighted by Gasteiger charge is -2.08. The Hall–Kier alpha value is -0.260. The molecule has 4 heteroatoms. The molecule has 0 fully saturated rings. The molecule has 0 saturated heterocycles. The maximum Gasteiger partial charge on any atom is 0.138 e. The van der Waals surface area contributed by atoms with Crippen LogP contribution in [-0.2, 0) is 6.61 Å². The van der Waals surface area contributed by atoms with Crippen molar-refractivity contribution >= 4 is 50.1 Å². The van der Waals surface area contributed by atoms with Crippen molar-refractivity contribution in [3.8, 4) is 5.75 Å². The van der Waals surface area contributed by atoms with Crippen molar-refractivity contribution in [3.63, 3.8) is 0 Å². The third-order valence-corrected chi connectivity index (χ3v) is 3.71. The van der Waals surface area contributed by atoms with E-state index in [-0.39, 0.29) is 0 Å². The van der Waals surface area contributed by atoms with Crippen LogP contribution >= 0.6 is 50.1 Å². The van der Waals surface area contributed by atoms with E-state index in [1.54, 1.807) is 0 Å². The second-order valence-electron chi connectivity index (χ2n) is 3.49. The molecule has 0 aromatic heterocycles. The van der Waals surface area contributed by atoms with E-state index in [0.717, 1.165) is 10.0 Å². The van der Waals surface area contributed by atoms with Gasteiger partial charge in [-0.25, -0.2) is 0 Å². The Balaban J connectivity index is 2.04. The first kappa shape index (κ1) is 13.2. The van der Waals surface area contributed by atoms with Crippen molar-refractivity contribution in [1.82, 2.24) is 0 Å². The zero-order valence-corrected chi connectivity index (χ0v) is 13.3. The Morgan fingerprint density at radius 1 is 1.12 bits per heavy atom. The van der Waals surface area contributed by atoms with Gasteiger partial charge in [0.15, 0.2) is 0 Å². The summed E-state index contributed by atoms with van der Waals surface area (Å²) < 4.78 is 7.83. The highest BCUT2D eigenvalue weighted by molar-refractivity contribution is 14.1. The minimum atomic E-state index is 0.526. The number of hydrogen-bond acceptors (Lipinski definition) is 1. The zero-order chi connectivity index (χ0) is 12.3. The Morgan fingerprint density at radius 2 is 1.82 bits per heavy atom. The van der Waals surface area contributed by atoms with E-state index >= 15 is 0 Å². The van der Waals surface area contributed by atoms with Crippen molar-refractivity contribution in [1.29, 1.82) is 0 Å². The molecule has 0 heterocycles. The fourth-order valence-electron chi connectivity index (χ4n) is 1.33. The van der Waals surface area contributed by atoms with Gasteiger partial charge in [-0.05, 0) is 58.5 Å². The van der Waals surface area contributed by atoms with Gasteiger partial charge >= 0.3 is 0 Å². The van der Waals surface area contributed by atoms with Gasteiger partial charge in [-0.1, -0.05) is 39.7 Å². The van der Waals surface area contributed by atoms with E-state index in [1.807, 2.05) is 18.2 Å². The largest absolute Gasteiger partial charge is 0.487 e. The molecule has 88 valence electrons. The molecule has 0 spiro atoms. The molecule has 2 aromatic rings. The van der Waals surface area contributed by atoms with Gasteiger partial charge in [0, 0.05) is 8.04 Å². The minimum absolute atomic E-state index is 0.526. The van der Waals surface area contributed by atoms with Crippen molar-refractivity contribution < 1.29 is 4.74 Å². The van der Waals surface area contributed by atoms with Crippen LogP contribution in [0.1, 0.15) is 5.56 Å². The molecule has 0 N–H and O–H groups in total. The molecular formula is C13H9BrClIO. The molecule has 0 bridgehead atoms. The average Bonchev–Trinajstić information content (AvgIpc) is 2.30. The van der Waals surface area contributed by atoms with Crippen LogP contribution in [0.4, 0.5) is 0 Å². The Morgan fingerprint density at radius 3 is 2.47 bits per heavy atom. The summed E-state index contributed by atoms with van der Waals surface area (Å²) in [5, 5.41) is 0.616. The highest BCUT2D eigenvalue weighted by Gasteiger charge is 2.02. The summed E-state index contributed by atoms with van der Waals surface area (Å²) in [5.41, 5.74) is 1.13. The molecule has 0 unspecified atom stereocenters. The van der Waals surface area contributed by atoms with E-state index in [4.69, 9.17) is 16.3 Å². The monoisotopic (exact) mass is 422 g/mol. The van der Waals surface area contributed by atoms with Crippen LogP contribution in [0, 0.1) is 3.57 Å². The molecule has 0 radical (unpaired) electrons. The summed E-state index contributed by atoms with van der Waals surface area (Å²) in [6.07, 6.45) is 0. The maximum atomic E-state index is 6.06. The van der Waals surface area contributed by atoms with Crippen LogP contribution in [0.2, 0.25) is 5.02 Å². The van der Waals surface area contributed by atoms with E-state index in [1.165, 1.54) is 3.57 Å². The zero-order valence-electron chi connectivity index (χ0n) is 8.79. The van der Waals surface area contributed by atoms with Crippen LogP contribution in [0.5, 0.6) is 5.75 Å². The number of benzene rings is 2. The number of halogens is 3. The lowest BCUT2D eigenvalue weighted by molar-refractivity contribution is 0.306. The van der Waals surface area contributed by atoms with Crippen molar-refractivity contribution in [2.24, 2.45) is 0 Å². The molecule has 0 aliphatic carbocycles. The standard InChI is InChI=1S/C13H9BrClIO/c14-10-3-6-13(12(15)7-10)17-8-9-1-4-11(16)5-2-9/h1-7H,8H2. The normalized spacial score (nSPS) is 10.3. The summed E-state index contributed by atoms with van der Waals surface area (Å²) >= 11 is 11.7. The maximum absolute atomic E-state index is 6.06. The van der Waals surface area contributed by atoms with E-state index in [2.05, 4.69) is 62.8 Å². The Kier molecular flexibility index (Phi) is 4.70. The third kappa shape index (κ3) is 3.86. The first-order valence-corrected chi connectivity index (χ1v) is 7.22. The second-order valence-corrected chi connectivity index (χ2v) is 6.06. The second kappa shape index (κ2) is 6.07. The third-order valence-electron chi connectivity index (χ3n) is 2.20. The quantitative estimate of drug-likeness (QED) is 0.610. The average molecular weight is 423 g/mol. The predicted molar refractivity (Wildman–Crippen MR) is 82.6 cm³/mol. The molecule has 0 saturated carbocycles. The number of hydrogen-bond donors (Lipinski definition) is 0. The molecule has 1 nitrogen and oxygen atoms in total. The topological polar surface area (TPSA) is 9.23 Å². The minimum Gasteiger partial charge on any atom is -0.487 e. The summed E-state index contributed by atoms with van der Waals surface area (Å²) in [4.78, 5) is 0. The highest BCUT2D eigenvalue weighted by Crippen LogP contribution is 2.28. The van der Waals surface area contributed by atoms with E-state index in [9.17, 15) is 0 Å². The lowest BCUT2D eigenvalue weighted by Crippen LogP contribution is -1.95. The molecule has 0 atom stereocenters. The fraction of sp³-hybridized carbons (Fsp3) is 0.0769. The van der Waals surface area contributed by atoms with Gasteiger partial charge in [0.25, 0.3) is 0 Å². The van der Waals surface area contributed by atoms with E-state index in [0.29, 0.717) is 17.4 Å². The molecule has 0 aliphatic heterocycles. The molecule has 0 amide bonds. The van der Waals surface area contributed by atoms with E-state index < -0.39 is 0 Å². The SMILES string of the molecule is Clc1cc(Br)ccc1OCc1ccc(I)cc1. The van der Waals surface area contributed by atoms with Gasteiger partial charge in [0.2, 0.25) is 0 Å². The van der Waals surface area contributed by atoms with Crippen LogP contribution in [0.3, 0.4) is 0 Å². The number of rotatable bonds is 3.